The number of aryl methyl sites for hydroxylation is 1. The first-order valence-electron chi connectivity index (χ1n) is 7.27. The van der Waals surface area contributed by atoms with Crippen LogP contribution < -0.4 is 10.6 Å². The fourth-order valence-corrected chi connectivity index (χ4v) is 3.03. The summed E-state index contributed by atoms with van der Waals surface area (Å²) in [4.78, 5) is 17.6. The third kappa shape index (κ3) is 2.49. The predicted molar refractivity (Wildman–Crippen MR) is 80.5 cm³/mol. The van der Waals surface area contributed by atoms with Crippen LogP contribution in [0, 0.1) is 24.5 Å². The summed E-state index contributed by atoms with van der Waals surface area (Å²) in [6.45, 7) is 2.98. The van der Waals surface area contributed by atoms with Gasteiger partial charge in [0.15, 0.2) is 11.6 Å². The van der Waals surface area contributed by atoms with Crippen LogP contribution in [0.25, 0.3) is 10.9 Å². The van der Waals surface area contributed by atoms with Gasteiger partial charge in [-0.2, -0.15) is 0 Å². The molecule has 1 aromatic carbocycles. The van der Waals surface area contributed by atoms with Gasteiger partial charge in [0, 0.05) is 29.9 Å². The lowest BCUT2D eigenvalue weighted by molar-refractivity contribution is -0.122. The maximum atomic E-state index is 14.0. The second-order valence-corrected chi connectivity index (χ2v) is 5.73. The van der Waals surface area contributed by atoms with Crippen LogP contribution in [0.15, 0.2) is 18.2 Å². The molecule has 0 bridgehead atoms. The summed E-state index contributed by atoms with van der Waals surface area (Å²) in [6, 6.07) is 4.47. The number of carbonyl (C=O) groups is 1. The Morgan fingerprint density at radius 2 is 2.18 bits per heavy atom. The highest BCUT2D eigenvalue weighted by molar-refractivity contribution is 5.92. The van der Waals surface area contributed by atoms with Crippen LogP contribution in [0.2, 0.25) is 0 Å². The molecular weight excluding hydrogens is 288 g/mol. The third-order valence-corrected chi connectivity index (χ3v) is 4.14. The van der Waals surface area contributed by atoms with E-state index in [0.29, 0.717) is 17.6 Å². The first-order chi connectivity index (χ1) is 10.5. The van der Waals surface area contributed by atoms with Gasteiger partial charge in [0.1, 0.15) is 5.52 Å². The van der Waals surface area contributed by atoms with E-state index in [1.807, 2.05) is 11.0 Å². The van der Waals surface area contributed by atoms with Crippen LogP contribution in [-0.4, -0.2) is 24.0 Å². The van der Waals surface area contributed by atoms with E-state index in [4.69, 9.17) is 5.73 Å². The largest absolute Gasteiger partial charge is 0.370 e. The number of fused-ring (bicyclic) bond motifs is 1. The number of halogens is 2. The van der Waals surface area contributed by atoms with E-state index in [2.05, 4.69) is 4.98 Å². The van der Waals surface area contributed by atoms with Crippen molar-refractivity contribution < 1.29 is 13.6 Å². The number of primary amides is 1. The zero-order valence-corrected chi connectivity index (χ0v) is 12.3. The number of hydrogen-bond acceptors (Lipinski definition) is 3. The summed E-state index contributed by atoms with van der Waals surface area (Å²) in [5, 5.41) is 0.551. The van der Waals surface area contributed by atoms with Gasteiger partial charge < -0.3 is 10.6 Å². The smallest absolute Gasteiger partial charge is 0.222 e. The van der Waals surface area contributed by atoms with Crippen LogP contribution in [0.4, 0.5) is 14.5 Å². The Morgan fingerprint density at radius 1 is 1.41 bits per heavy atom. The summed E-state index contributed by atoms with van der Waals surface area (Å²) in [6.07, 6.45) is 1.59. The Morgan fingerprint density at radius 3 is 2.91 bits per heavy atom. The van der Waals surface area contributed by atoms with Crippen molar-refractivity contribution in [2.24, 2.45) is 11.7 Å². The van der Waals surface area contributed by atoms with E-state index in [1.54, 1.807) is 6.92 Å². The van der Waals surface area contributed by atoms with E-state index in [-0.39, 0.29) is 17.3 Å². The molecule has 1 aromatic heterocycles. The Labute approximate surface area is 126 Å². The molecule has 3 rings (SSSR count). The minimum absolute atomic E-state index is 0.0243. The van der Waals surface area contributed by atoms with Crippen molar-refractivity contribution in [2.75, 3.05) is 18.0 Å². The topological polar surface area (TPSA) is 59.2 Å². The van der Waals surface area contributed by atoms with Crippen molar-refractivity contribution >= 4 is 22.5 Å². The molecule has 0 aliphatic carbocycles. The minimum atomic E-state index is -0.939. The number of nitrogens with zero attached hydrogens (tertiary/aromatic N) is 2. The highest BCUT2D eigenvalue weighted by atomic mass is 19.2. The van der Waals surface area contributed by atoms with Gasteiger partial charge in [-0.05, 0) is 38.0 Å². The number of hydrogen-bond donors (Lipinski definition) is 1. The molecule has 2 heterocycles. The first kappa shape index (κ1) is 14.7. The zero-order valence-electron chi connectivity index (χ0n) is 12.3. The molecule has 116 valence electrons. The Balaban J connectivity index is 2.10. The van der Waals surface area contributed by atoms with Crippen molar-refractivity contribution in [3.05, 3.63) is 35.5 Å². The molecule has 1 saturated heterocycles. The molecule has 1 aliphatic heterocycles. The highest BCUT2D eigenvalue weighted by Crippen LogP contribution is 2.32. The predicted octanol–water partition coefficient (Wildman–Crippen LogP) is 2.52. The second-order valence-electron chi connectivity index (χ2n) is 5.73. The molecule has 1 unspecified atom stereocenters. The second kappa shape index (κ2) is 5.51. The van der Waals surface area contributed by atoms with Crippen LogP contribution >= 0.6 is 0 Å². The number of pyridine rings is 1. The molecule has 1 atom stereocenters. The molecule has 2 aromatic rings. The number of benzene rings is 1. The van der Waals surface area contributed by atoms with Gasteiger partial charge >= 0.3 is 0 Å². The average Bonchev–Trinajstić information content (AvgIpc) is 2.51. The van der Waals surface area contributed by atoms with Gasteiger partial charge in [-0.1, -0.05) is 0 Å². The molecule has 2 N–H and O–H groups in total. The Kier molecular flexibility index (Phi) is 3.68. The van der Waals surface area contributed by atoms with Gasteiger partial charge in [-0.25, -0.2) is 13.8 Å². The fraction of sp³-hybridized carbons (Fsp3) is 0.375. The molecule has 6 heteroatoms. The summed E-state index contributed by atoms with van der Waals surface area (Å²) < 4.78 is 27.4. The number of aromatic nitrogens is 1. The van der Waals surface area contributed by atoms with E-state index in [0.717, 1.165) is 31.1 Å². The van der Waals surface area contributed by atoms with E-state index < -0.39 is 11.6 Å². The van der Waals surface area contributed by atoms with Gasteiger partial charge in [-0.3, -0.25) is 4.79 Å². The van der Waals surface area contributed by atoms with Crippen LogP contribution in [-0.2, 0) is 4.79 Å². The quantitative estimate of drug-likeness (QED) is 0.927. The minimum Gasteiger partial charge on any atom is -0.370 e. The van der Waals surface area contributed by atoms with Crippen molar-refractivity contribution in [1.82, 2.24) is 4.98 Å². The van der Waals surface area contributed by atoms with Crippen molar-refractivity contribution in [1.29, 1.82) is 0 Å². The lowest BCUT2D eigenvalue weighted by atomic mass is 9.96. The first-order valence-corrected chi connectivity index (χ1v) is 7.27. The van der Waals surface area contributed by atoms with E-state index in [1.165, 1.54) is 6.07 Å². The number of piperidine rings is 1. The van der Waals surface area contributed by atoms with Crippen molar-refractivity contribution in [3.63, 3.8) is 0 Å². The standard InChI is InChI=1S/C16H17F2N3O/c1-9-7-13(21-6-2-3-10(8-21)16(19)22)11-4-5-12(17)14(18)15(11)20-9/h4-5,7,10H,2-3,6,8H2,1H3,(H2,19,22). The monoisotopic (exact) mass is 305 g/mol. The maximum absolute atomic E-state index is 14.0. The Bertz CT molecular complexity index is 748. The summed E-state index contributed by atoms with van der Waals surface area (Å²) in [5.41, 5.74) is 6.81. The third-order valence-electron chi connectivity index (χ3n) is 4.14. The molecule has 1 aliphatic rings. The van der Waals surface area contributed by atoms with Crippen LogP contribution in [0.1, 0.15) is 18.5 Å². The molecular formula is C16H17F2N3O. The van der Waals surface area contributed by atoms with Gasteiger partial charge in [0.2, 0.25) is 5.91 Å². The molecule has 0 saturated carbocycles. The molecule has 0 radical (unpaired) electrons. The van der Waals surface area contributed by atoms with Crippen molar-refractivity contribution in [3.8, 4) is 0 Å². The van der Waals surface area contributed by atoms with Gasteiger partial charge in [-0.15, -0.1) is 0 Å². The number of rotatable bonds is 2. The lowest BCUT2D eigenvalue weighted by Crippen LogP contribution is -2.41. The van der Waals surface area contributed by atoms with Crippen molar-refractivity contribution in [2.45, 2.75) is 19.8 Å². The van der Waals surface area contributed by atoms with Crippen LogP contribution in [0.5, 0.6) is 0 Å². The molecule has 4 nitrogen and oxygen atoms in total. The molecule has 1 fully saturated rings. The maximum Gasteiger partial charge on any atom is 0.222 e. The van der Waals surface area contributed by atoms with E-state index in [9.17, 15) is 13.6 Å². The average molecular weight is 305 g/mol. The normalized spacial score (nSPS) is 18.7. The number of carbonyl (C=O) groups excluding carboxylic acids is 1. The SMILES string of the molecule is Cc1cc(N2CCCC(C(N)=O)C2)c2ccc(F)c(F)c2n1. The lowest BCUT2D eigenvalue weighted by Gasteiger charge is -2.33. The molecule has 0 spiro atoms. The summed E-state index contributed by atoms with van der Waals surface area (Å²) in [5.74, 6) is -2.39. The fourth-order valence-electron chi connectivity index (χ4n) is 3.03. The molecule has 22 heavy (non-hydrogen) atoms. The highest BCUT2D eigenvalue weighted by Gasteiger charge is 2.26. The van der Waals surface area contributed by atoms with E-state index >= 15 is 0 Å². The van der Waals surface area contributed by atoms with Gasteiger partial charge in [0.25, 0.3) is 0 Å². The summed E-state index contributed by atoms with van der Waals surface area (Å²) >= 11 is 0. The van der Waals surface area contributed by atoms with Crippen LogP contribution in [0.3, 0.4) is 0 Å². The Hall–Kier alpha value is -2.24. The van der Waals surface area contributed by atoms with Gasteiger partial charge in [0.05, 0.1) is 5.92 Å². The number of nitrogens with two attached hydrogens (primary N) is 1. The molecule has 1 amide bonds. The number of amides is 1. The zero-order chi connectivity index (χ0) is 15.9. The summed E-state index contributed by atoms with van der Waals surface area (Å²) in [7, 11) is 0. The number of anilines is 1.